The summed E-state index contributed by atoms with van der Waals surface area (Å²) in [7, 11) is 11.7. The Morgan fingerprint density at radius 1 is 0.389 bits per heavy atom. The van der Waals surface area contributed by atoms with E-state index in [2.05, 4.69) is 61.5 Å². The fraction of sp³-hybridized carbons (Fsp3) is 0.655. The van der Waals surface area contributed by atoms with Crippen molar-refractivity contribution in [1.82, 2.24) is 52.3 Å². The number of thiocarbonyl (C=S) groups is 1. The van der Waals surface area contributed by atoms with E-state index in [1.165, 1.54) is 35.5 Å². The predicted molar refractivity (Wildman–Crippen MR) is 486 cm³/mol. The van der Waals surface area contributed by atoms with Crippen LogP contribution in [0, 0.1) is 0 Å². The SMILES string of the molecule is CC(C)(C)OC(=O)N[C@H](CC(=O)O)CC(=O)OCc1ccccc1.CN1CC[C@H](N)CC1=O.CN1CC[C@H](NC(=O)OC(C)(C)C)CC1=O.CNC(=O)C[C@@H](CC(=O)OC)NC(=O)OC(C)(C)C.CNC(=S)C[C@@H](CC(=O)OC)NC(=O)OC(C)(C)C.COC(=O)C[C@H](CC(=O)O)NC(=O)OC(C)(C)C.COC(=O)C[C@H](CC(=O)OCc1ccccc1)NC(=O)OC(C)(C)C.Cl. The van der Waals surface area contributed by atoms with E-state index in [1.807, 2.05) is 76.3 Å². The van der Waals surface area contributed by atoms with Crippen molar-refractivity contribution in [3.63, 3.8) is 0 Å². The molecule has 2 aromatic carbocycles. The highest BCUT2D eigenvalue weighted by molar-refractivity contribution is 7.80. The average Bonchev–Trinajstić information content (AvgIpc) is 0.876. The van der Waals surface area contributed by atoms with Crippen molar-refractivity contribution in [3.8, 4) is 0 Å². The van der Waals surface area contributed by atoms with Gasteiger partial charge < -0.3 is 125 Å². The smallest absolute Gasteiger partial charge is 0.407 e. The van der Waals surface area contributed by atoms with Gasteiger partial charge in [0.05, 0.1) is 109 Å². The zero-order chi connectivity index (χ0) is 101. The topological polar surface area (TPSA) is 570 Å². The van der Waals surface area contributed by atoms with Crippen LogP contribution in [0.1, 0.15) is 226 Å². The number of carboxylic acid groups (broad SMARTS) is 2. The Morgan fingerprint density at radius 2 is 0.649 bits per heavy atom. The molecule has 2 saturated heterocycles. The molecule has 131 heavy (non-hydrogen) atoms. The number of methoxy groups -OCH3 is 4. The molecule has 2 aliphatic rings. The molecule has 2 aromatic rings. The molecule has 4 rings (SSSR count). The first kappa shape index (κ1) is 126. The summed E-state index contributed by atoms with van der Waals surface area (Å²) in [6, 6.07) is 14.7. The molecule has 0 saturated carbocycles. The van der Waals surface area contributed by atoms with E-state index in [0.29, 0.717) is 30.8 Å². The number of rotatable bonds is 30. The van der Waals surface area contributed by atoms with Gasteiger partial charge in [0.1, 0.15) is 46.8 Å². The van der Waals surface area contributed by atoms with Crippen LogP contribution in [0.2, 0.25) is 0 Å². The number of ether oxygens (including phenoxy) is 12. The summed E-state index contributed by atoms with van der Waals surface area (Å²) >= 11 is 5.03. The third kappa shape index (κ3) is 74.8. The maximum atomic E-state index is 12.0. The number of nitrogens with zero attached hydrogens (tertiary/aromatic N) is 2. The summed E-state index contributed by atoms with van der Waals surface area (Å²) in [6.07, 6.45) is -2.66. The molecule has 746 valence electrons. The van der Waals surface area contributed by atoms with Crippen LogP contribution in [0.25, 0.3) is 0 Å². The van der Waals surface area contributed by atoms with E-state index >= 15 is 0 Å². The van der Waals surface area contributed by atoms with E-state index < -0.39 is 155 Å². The third-order valence-corrected chi connectivity index (χ3v) is 16.2. The van der Waals surface area contributed by atoms with Gasteiger partial charge in [-0.05, 0) is 149 Å². The molecule has 0 bridgehead atoms. The fourth-order valence-corrected chi connectivity index (χ4v) is 10.2. The molecule has 12 N–H and O–H groups in total. The Hall–Kier alpha value is -11.6. The molecule has 9 amide bonds. The second-order valence-corrected chi connectivity index (χ2v) is 35.7. The summed E-state index contributed by atoms with van der Waals surface area (Å²) in [6.45, 7) is 32.9. The van der Waals surface area contributed by atoms with Crippen LogP contribution in [0.15, 0.2) is 60.7 Å². The highest BCUT2D eigenvalue weighted by atomic mass is 35.5. The summed E-state index contributed by atoms with van der Waals surface area (Å²) in [4.78, 5) is 198. The number of aliphatic carboxylic acids is 2. The molecule has 44 heteroatoms. The summed E-state index contributed by atoms with van der Waals surface area (Å²) in [5.74, 6) is -5.51. The van der Waals surface area contributed by atoms with Crippen molar-refractivity contribution >= 4 is 132 Å². The van der Waals surface area contributed by atoms with Gasteiger partial charge >= 0.3 is 84.3 Å². The number of alkyl carbamates (subject to hydrolysis) is 6. The van der Waals surface area contributed by atoms with Gasteiger partial charge in [-0.3, -0.25) is 52.7 Å². The molecular formula is C87H144ClN11O31S. The van der Waals surface area contributed by atoms with Crippen LogP contribution in [0.4, 0.5) is 28.8 Å². The van der Waals surface area contributed by atoms with Crippen molar-refractivity contribution in [2.75, 3.05) is 69.7 Å². The highest BCUT2D eigenvalue weighted by Gasteiger charge is 2.32. The first-order chi connectivity index (χ1) is 59.8. The minimum atomic E-state index is -1.13. The van der Waals surface area contributed by atoms with Crippen molar-refractivity contribution in [2.24, 2.45) is 5.73 Å². The van der Waals surface area contributed by atoms with Crippen molar-refractivity contribution in [1.29, 1.82) is 0 Å². The van der Waals surface area contributed by atoms with Gasteiger partial charge in [0.15, 0.2) is 0 Å². The number of amides is 9. The molecule has 42 nitrogen and oxygen atoms in total. The Balaban J connectivity index is -0.000000727. The number of carboxylic acids is 2. The number of carbonyl (C=O) groups is 17. The first-order valence-corrected chi connectivity index (χ1v) is 41.9. The second kappa shape index (κ2) is 64.2. The first-order valence-electron chi connectivity index (χ1n) is 41.5. The molecule has 0 spiro atoms. The van der Waals surface area contributed by atoms with E-state index in [0.717, 1.165) is 30.5 Å². The zero-order valence-corrected chi connectivity index (χ0v) is 82.2. The molecule has 2 fully saturated rings. The van der Waals surface area contributed by atoms with E-state index in [9.17, 15) is 81.5 Å². The Morgan fingerprint density at radius 3 is 0.901 bits per heavy atom. The lowest BCUT2D eigenvalue weighted by molar-refractivity contribution is -0.147. The van der Waals surface area contributed by atoms with Gasteiger partial charge in [0.25, 0.3) is 0 Å². The van der Waals surface area contributed by atoms with Gasteiger partial charge in [0.2, 0.25) is 17.7 Å². The highest BCUT2D eigenvalue weighted by Crippen LogP contribution is 2.18. The second-order valence-electron chi connectivity index (χ2n) is 35.2. The van der Waals surface area contributed by atoms with E-state index in [1.54, 1.807) is 140 Å². The van der Waals surface area contributed by atoms with E-state index in [4.69, 9.17) is 66.1 Å². The number of benzene rings is 2. The Bertz CT molecular complexity index is 3800. The lowest BCUT2D eigenvalue weighted by atomic mass is 10.1. The number of likely N-dealkylation sites (tertiary alicyclic amines) is 2. The van der Waals surface area contributed by atoms with Gasteiger partial charge in [-0.1, -0.05) is 72.9 Å². The number of piperidine rings is 2. The summed E-state index contributed by atoms with van der Waals surface area (Å²) in [5, 5.41) is 37.8. The number of hydrogen-bond donors (Lipinski definition) is 11. The van der Waals surface area contributed by atoms with Crippen LogP contribution >= 0.6 is 24.6 Å². The summed E-state index contributed by atoms with van der Waals surface area (Å²) in [5.41, 5.74) is 3.37. The molecular weight excluding hydrogens is 1760 g/mol. The van der Waals surface area contributed by atoms with Crippen molar-refractivity contribution in [2.45, 2.75) is 304 Å². The number of halogens is 1. The van der Waals surface area contributed by atoms with E-state index in [-0.39, 0.29) is 107 Å². The molecule has 2 heterocycles. The van der Waals surface area contributed by atoms with Gasteiger partial charge in [-0.2, -0.15) is 0 Å². The lowest BCUT2D eigenvalue weighted by Crippen LogP contribution is -2.47. The van der Waals surface area contributed by atoms with Crippen LogP contribution in [-0.2, 0) is 123 Å². The van der Waals surface area contributed by atoms with Gasteiger partial charge in [0, 0.05) is 85.1 Å². The van der Waals surface area contributed by atoms with Crippen LogP contribution in [-0.4, -0.2) is 273 Å². The van der Waals surface area contributed by atoms with Crippen molar-refractivity contribution < 1.29 is 149 Å². The fourth-order valence-electron chi connectivity index (χ4n) is 9.96. The van der Waals surface area contributed by atoms with Crippen molar-refractivity contribution in [3.05, 3.63) is 71.8 Å². The molecule has 0 unspecified atom stereocenters. The number of esters is 6. The maximum absolute atomic E-state index is 12.0. The van der Waals surface area contributed by atoms with Crippen LogP contribution in [0.5, 0.6) is 0 Å². The standard InChI is InChI=1S/C18H25NO6.C17H23NO6.C12H22N2O5.C12H22N2O4S.C11H20N2O3.C11H19NO6.C6H12N2O.ClH/c1-18(2,3)25-17(22)19-14(10-15(20)23-4)11-16(21)24-12-13-8-6-5-7-9-13;1-17(2,3)24-16(22)18-13(9-14(19)20)10-15(21)23-11-12-7-5-4-6-8-12;1-12(2,3)19-11(17)14-8(6-9(15)13-4)7-10(16)18-5;1-12(2,3)18-11(16)14-8(6-9(19)13-4)7-10(15)17-5;1-11(2,3)16-10(15)12-8-5-6-13(4)9(14)7-8;1-11(2,3)18-10(16)12-7(5-8(13)14)6-9(15)17-4;1-8-3-2-5(7)4-6(8)9;/h5-9,14H,10-12H2,1-4H3,(H,19,22);4-8,13H,9-11H2,1-3H3,(H,18,22)(H,19,20);8H,6-7H2,1-5H3,(H,13,15)(H,14,17);8H,6-7H2,1-5H3,(H,13,19)(H,14,16);8H,5-7H2,1-4H3,(H,12,15);7H,5-6H2,1-4H3,(H,12,16)(H,13,14);5H,2-4,7H2,1H3;1H/t14-;13-;3*8-;7-;5-;/m1100000./s1. The minimum absolute atomic E-state index is 0. The predicted octanol–water partition coefficient (Wildman–Crippen LogP) is 9.06. The van der Waals surface area contributed by atoms with Crippen LogP contribution in [0.3, 0.4) is 0 Å². The molecule has 0 radical (unpaired) electrons. The average molecular weight is 1910 g/mol. The zero-order valence-electron chi connectivity index (χ0n) is 80.6. The number of hydrogen-bond acceptors (Lipinski definition) is 31. The van der Waals surface area contributed by atoms with Gasteiger partial charge in [-0.15, -0.1) is 12.4 Å². The Kier molecular flexibility index (Phi) is 61.6. The quantitative estimate of drug-likeness (QED) is 0.0197. The Labute approximate surface area is 779 Å². The van der Waals surface area contributed by atoms with Gasteiger partial charge in [-0.25, -0.2) is 28.8 Å². The normalized spacial score (nSPS) is 14.4. The minimum Gasteiger partial charge on any atom is -0.481 e. The molecule has 7 atom stereocenters. The number of carbonyl (C=O) groups excluding carboxylic acids is 15. The maximum Gasteiger partial charge on any atom is 0.407 e. The third-order valence-electron chi connectivity index (χ3n) is 15.8. The lowest BCUT2D eigenvalue weighted by Gasteiger charge is -2.30. The monoisotopic (exact) mass is 1910 g/mol. The molecule has 0 aliphatic carbocycles. The molecule has 2 aliphatic heterocycles. The largest absolute Gasteiger partial charge is 0.481 e. The summed E-state index contributed by atoms with van der Waals surface area (Å²) < 4.78 is 58.9. The van der Waals surface area contributed by atoms with Crippen LogP contribution < -0.4 is 48.3 Å². The number of nitrogens with two attached hydrogens (primary N) is 1. The molecule has 0 aromatic heterocycles. The number of nitrogens with one attached hydrogen (secondary N) is 8.